The predicted octanol–water partition coefficient (Wildman–Crippen LogP) is -1.29. The molecule has 0 radical (unpaired) electrons. The zero-order chi connectivity index (χ0) is 10.7. The quantitative estimate of drug-likeness (QED) is 0.641. The molecule has 80 valence electrons. The second kappa shape index (κ2) is 4.54. The van der Waals surface area contributed by atoms with Crippen LogP contribution in [-0.4, -0.2) is 52.1 Å². The number of nitrogens with zero attached hydrogens (tertiary/aromatic N) is 1. The summed E-state index contributed by atoms with van der Waals surface area (Å²) in [6.07, 6.45) is 1.58. The molecule has 0 aromatic rings. The van der Waals surface area contributed by atoms with Crippen LogP contribution >= 0.6 is 0 Å². The SMILES string of the molecule is CC1C(=O)NCC(=O)N1CCS(C)=O. The molecule has 1 aliphatic heterocycles. The minimum atomic E-state index is -0.934. The Kier molecular flexibility index (Phi) is 3.62. The molecule has 0 saturated carbocycles. The minimum absolute atomic E-state index is 0.0551. The summed E-state index contributed by atoms with van der Waals surface area (Å²) in [5, 5.41) is 2.49. The fourth-order valence-corrected chi connectivity index (χ4v) is 1.77. The lowest BCUT2D eigenvalue weighted by Gasteiger charge is -2.32. The third-order valence-corrected chi connectivity index (χ3v) is 2.96. The van der Waals surface area contributed by atoms with Gasteiger partial charge in [0.15, 0.2) is 0 Å². The van der Waals surface area contributed by atoms with Crippen LogP contribution in [0.15, 0.2) is 0 Å². The third kappa shape index (κ3) is 2.54. The van der Waals surface area contributed by atoms with E-state index in [1.807, 2.05) is 0 Å². The van der Waals surface area contributed by atoms with Crippen LogP contribution in [0, 0.1) is 0 Å². The van der Waals surface area contributed by atoms with Gasteiger partial charge in [0.05, 0.1) is 6.54 Å². The molecular weight excluding hydrogens is 204 g/mol. The number of piperazine rings is 1. The number of carbonyl (C=O) groups excluding carboxylic acids is 2. The Bertz CT molecular complexity index is 280. The van der Waals surface area contributed by atoms with E-state index in [9.17, 15) is 13.8 Å². The van der Waals surface area contributed by atoms with E-state index >= 15 is 0 Å². The molecule has 5 nitrogen and oxygen atoms in total. The maximum Gasteiger partial charge on any atom is 0.242 e. The van der Waals surface area contributed by atoms with E-state index in [4.69, 9.17) is 0 Å². The Labute approximate surface area is 85.3 Å². The first kappa shape index (κ1) is 11.2. The molecule has 1 aliphatic rings. The van der Waals surface area contributed by atoms with Gasteiger partial charge in [0.25, 0.3) is 0 Å². The first-order chi connectivity index (χ1) is 6.52. The van der Waals surface area contributed by atoms with Crippen LogP contribution in [-0.2, 0) is 20.4 Å². The number of amides is 2. The summed E-state index contributed by atoms with van der Waals surface area (Å²) in [5.74, 6) is 0.164. The molecule has 0 bridgehead atoms. The lowest BCUT2D eigenvalue weighted by Crippen LogP contribution is -2.57. The Hall–Kier alpha value is -0.910. The van der Waals surface area contributed by atoms with Gasteiger partial charge in [0.1, 0.15) is 6.04 Å². The highest BCUT2D eigenvalue weighted by Crippen LogP contribution is 2.04. The zero-order valence-corrected chi connectivity index (χ0v) is 9.10. The monoisotopic (exact) mass is 218 g/mol. The first-order valence-corrected chi connectivity index (χ1v) is 6.12. The second-order valence-corrected chi connectivity index (χ2v) is 4.81. The number of hydrogen-bond acceptors (Lipinski definition) is 3. The number of nitrogens with one attached hydrogen (secondary N) is 1. The van der Waals surface area contributed by atoms with Gasteiger partial charge >= 0.3 is 0 Å². The fraction of sp³-hybridized carbons (Fsp3) is 0.750. The lowest BCUT2D eigenvalue weighted by molar-refractivity contribution is -0.144. The van der Waals surface area contributed by atoms with Gasteiger partial charge in [-0.25, -0.2) is 0 Å². The summed E-state index contributed by atoms with van der Waals surface area (Å²) in [6, 6.07) is -0.445. The smallest absolute Gasteiger partial charge is 0.242 e. The topological polar surface area (TPSA) is 66.5 Å². The second-order valence-electron chi connectivity index (χ2n) is 3.26. The van der Waals surface area contributed by atoms with Gasteiger partial charge in [-0.15, -0.1) is 0 Å². The molecule has 1 heterocycles. The van der Waals surface area contributed by atoms with Crippen LogP contribution in [0.2, 0.25) is 0 Å². The Morgan fingerprint density at radius 3 is 2.79 bits per heavy atom. The number of carbonyl (C=O) groups is 2. The molecule has 1 saturated heterocycles. The molecule has 0 aromatic heterocycles. The van der Waals surface area contributed by atoms with E-state index in [0.717, 1.165) is 0 Å². The summed E-state index contributed by atoms with van der Waals surface area (Å²) in [7, 11) is -0.934. The fourth-order valence-electron chi connectivity index (χ4n) is 1.31. The van der Waals surface area contributed by atoms with Crippen molar-refractivity contribution in [3.05, 3.63) is 0 Å². The van der Waals surface area contributed by atoms with Gasteiger partial charge in [-0.3, -0.25) is 13.8 Å². The Balaban J connectivity index is 2.58. The Morgan fingerprint density at radius 2 is 2.21 bits per heavy atom. The minimum Gasteiger partial charge on any atom is -0.345 e. The molecule has 0 aliphatic carbocycles. The highest BCUT2D eigenvalue weighted by Gasteiger charge is 2.30. The molecular formula is C8H14N2O3S. The van der Waals surface area contributed by atoms with Crippen LogP contribution in [0.5, 0.6) is 0 Å². The van der Waals surface area contributed by atoms with Crippen molar-refractivity contribution in [3.8, 4) is 0 Å². The van der Waals surface area contributed by atoms with Gasteiger partial charge in [-0.1, -0.05) is 0 Å². The average molecular weight is 218 g/mol. The van der Waals surface area contributed by atoms with Crippen LogP contribution in [0.4, 0.5) is 0 Å². The average Bonchev–Trinajstić information content (AvgIpc) is 2.11. The van der Waals surface area contributed by atoms with Gasteiger partial charge in [-0.2, -0.15) is 0 Å². The van der Waals surface area contributed by atoms with Gasteiger partial charge in [-0.05, 0) is 6.92 Å². The largest absolute Gasteiger partial charge is 0.345 e. The van der Waals surface area contributed by atoms with Crippen molar-refractivity contribution in [1.82, 2.24) is 10.2 Å². The van der Waals surface area contributed by atoms with Crippen LogP contribution in [0.1, 0.15) is 6.92 Å². The summed E-state index contributed by atoms with van der Waals surface area (Å²) in [5.41, 5.74) is 0. The molecule has 0 aromatic carbocycles. The summed E-state index contributed by atoms with van der Waals surface area (Å²) >= 11 is 0. The molecule has 0 spiro atoms. The number of rotatable bonds is 3. The Morgan fingerprint density at radius 1 is 1.57 bits per heavy atom. The normalized spacial score (nSPS) is 24.7. The molecule has 6 heteroatoms. The van der Waals surface area contributed by atoms with Gasteiger partial charge in [0, 0.05) is 29.4 Å². The van der Waals surface area contributed by atoms with Crippen molar-refractivity contribution in [2.24, 2.45) is 0 Å². The maximum absolute atomic E-state index is 11.4. The van der Waals surface area contributed by atoms with Crippen molar-refractivity contribution >= 4 is 22.6 Å². The third-order valence-electron chi connectivity index (χ3n) is 2.20. The van der Waals surface area contributed by atoms with E-state index in [1.54, 1.807) is 13.2 Å². The van der Waals surface area contributed by atoms with E-state index in [0.29, 0.717) is 12.3 Å². The van der Waals surface area contributed by atoms with Crippen LogP contribution < -0.4 is 5.32 Å². The van der Waals surface area contributed by atoms with E-state index in [2.05, 4.69) is 5.32 Å². The van der Waals surface area contributed by atoms with Crippen molar-refractivity contribution in [2.45, 2.75) is 13.0 Å². The molecule has 14 heavy (non-hydrogen) atoms. The standard InChI is InChI=1S/C8H14N2O3S/c1-6-8(12)9-5-7(11)10(6)3-4-14(2)13/h6H,3-5H2,1-2H3,(H,9,12). The first-order valence-electron chi connectivity index (χ1n) is 4.39. The van der Waals surface area contributed by atoms with E-state index in [-0.39, 0.29) is 18.4 Å². The van der Waals surface area contributed by atoms with Crippen molar-refractivity contribution < 1.29 is 13.8 Å². The van der Waals surface area contributed by atoms with Crippen molar-refractivity contribution in [1.29, 1.82) is 0 Å². The number of hydrogen-bond donors (Lipinski definition) is 1. The maximum atomic E-state index is 11.4. The molecule has 2 unspecified atom stereocenters. The van der Waals surface area contributed by atoms with Crippen molar-refractivity contribution in [2.75, 3.05) is 25.1 Å². The summed E-state index contributed by atoms with van der Waals surface area (Å²) in [4.78, 5) is 24.1. The van der Waals surface area contributed by atoms with Crippen LogP contribution in [0.25, 0.3) is 0 Å². The van der Waals surface area contributed by atoms with Gasteiger partial charge < -0.3 is 10.2 Å². The molecule has 1 N–H and O–H groups in total. The van der Waals surface area contributed by atoms with E-state index in [1.165, 1.54) is 4.90 Å². The highest BCUT2D eigenvalue weighted by molar-refractivity contribution is 7.84. The lowest BCUT2D eigenvalue weighted by atomic mass is 10.2. The zero-order valence-electron chi connectivity index (χ0n) is 8.28. The molecule has 1 fully saturated rings. The molecule has 1 rings (SSSR count). The van der Waals surface area contributed by atoms with Crippen LogP contribution in [0.3, 0.4) is 0 Å². The predicted molar refractivity (Wildman–Crippen MR) is 53.1 cm³/mol. The van der Waals surface area contributed by atoms with E-state index < -0.39 is 16.8 Å². The summed E-state index contributed by atoms with van der Waals surface area (Å²) in [6.45, 7) is 2.11. The highest BCUT2D eigenvalue weighted by atomic mass is 32.2. The summed E-state index contributed by atoms with van der Waals surface area (Å²) < 4.78 is 10.9. The molecule has 2 amide bonds. The van der Waals surface area contributed by atoms with Gasteiger partial charge in [0.2, 0.25) is 11.8 Å². The molecule has 2 atom stereocenters. The van der Waals surface area contributed by atoms with Crippen molar-refractivity contribution in [3.63, 3.8) is 0 Å².